The zero-order valence-electron chi connectivity index (χ0n) is 13.1. The molecule has 0 bridgehead atoms. The van der Waals surface area contributed by atoms with Crippen molar-refractivity contribution in [2.75, 3.05) is 13.1 Å². The van der Waals surface area contributed by atoms with Crippen LogP contribution in [0.15, 0.2) is 10.5 Å². The molecule has 1 fully saturated rings. The first-order valence-corrected chi connectivity index (χ1v) is 8.09. The first-order chi connectivity index (χ1) is 9.53. The molecule has 112 valence electrons. The number of hydrogen-bond donors (Lipinski definition) is 2. The Morgan fingerprint density at radius 3 is 3.00 bits per heavy atom. The van der Waals surface area contributed by atoms with Gasteiger partial charge in [-0.25, -0.2) is 0 Å². The van der Waals surface area contributed by atoms with E-state index in [1.54, 1.807) is 0 Å². The van der Waals surface area contributed by atoms with Crippen molar-refractivity contribution in [1.82, 2.24) is 10.6 Å². The maximum absolute atomic E-state index is 5.91. The van der Waals surface area contributed by atoms with Crippen molar-refractivity contribution in [3.05, 3.63) is 23.2 Å². The third-order valence-corrected chi connectivity index (χ3v) is 4.76. The van der Waals surface area contributed by atoms with Gasteiger partial charge in [-0.15, -0.1) is 0 Å². The lowest BCUT2D eigenvalue weighted by atomic mass is 9.74. The maximum atomic E-state index is 5.91. The molecule has 3 heteroatoms. The van der Waals surface area contributed by atoms with Gasteiger partial charge in [0.05, 0.1) is 0 Å². The highest BCUT2D eigenvalue weighted by molar-refractivity contribution is 5.29. The largest absolute Gasteiger partial charge is 0.466 e. The lowest BCUT2D eigenvalue weighted by Crippen LogP contribution is -2.44. The Kier molecular flexibility index (Phi) is 3.91. The zero-order chi connectivity index (χ0) is 14.2. The van der Waals surface area contributed by atoms with Gasteiger partial charge in [0.1, 0.15) is 11.5 Å². The predicted octanol–water partition coefficient (Wildman–Crippen LogP) is 3.33. The van der Waals surface area contributed by atoms with E-state index in [-0.39, 0.29) is 0 Å². The van der Waals surface area contributed by atoms with Gasteiger partial charge in [0.15, 0.2) is 0 Å². The van der Waals surface area contributed by atoms with Crippen molar-refractivity contribution in [2.45, 2.75) is 65.0 Å². The highest BCUT2D eigenvalue weighted by Gasteiger charge is 2.34. The summed E-state index contributed by atoms with van der Waals surface area (Å²) >= 11 is 0. The van der Waals surface area contributed by atoms with Crippen molar-refractivity contribution in [2.24, 2.45) is 5.41 Å². The predicted molar refractivity (Wildman–Crippen MR) is 81.9 cm³/mol. The summed E-state index contributed by atoms with van der Waals surface area (Å²) in [7, 11) is 0. The molecule has 1 aliphatic carbocycles. The number of piperidine rings is 1. The number of furan rings is 1. The Morgan fingerprint density at radius 2 is 2.25 bits per heavy atom. The van der Waals surface area contributed by atoms with Crippen LogP contribution in [-0.2, 0) is 6.42 Å². The smallest absolute Gasteiger partial charge is 0.109 e. The zero-order valence-corrected chi connectivity index (χ0v) is 13.1. The lowest BCUT2D eigenvalue weighted by molar-refractivity contribution is 0.228. The molecule has 2 aliphatic rings. The van der Waals surface area contributed by atoms with Crippen LogP contribution in [0, 0.1) is 12.3 Å². The van der Waals surface area contributed by atoms with Crippen LogP contribution in [-0.4, -0.2) is 19.1 Å². The molecule has 0 aromatic carbocycles. The van der Waals surface area contributed by atoms with Crippen LogP contribution in [0.2, 0.25) is 0 Å². The van der Waals surface area contributed by atoms with Gasteiger partial charge in [-0.05, 0) is 44.2 Å². The summed E-state index contributed by atoms with van der Waals surface area (Å²) in [5.74, 6) is 2.25. The first kappa shape index (κ1) is 14.2. The summed E-state index contributed by atoms with van der Waals surface area (Å²) < 4.78 is 5.91. The van der Waals surface area contributed by atoms with Crippen LogP contribution in [0.5, 0.6) is 0 Å². The molecule has 3 rings (SSSR count). The molecule has 0 radical (unpaired) electrons. The van der Waals surface area contributed by atoms with Crippen molar-refractivity contribution in [1.29, 1.82) is 0 Å². The summed E-state index contributed by atoms with van der Waals surface area (Å²) in [6, 6.07) is 3.33. The van der Waals surface area contributed by atoms with Gasteiger partial charge in [-0.2, -0.15) is 0 Å². The summed E-state index contributed by atoms with van der Waals surface area (Å²) in [6.07, 6.45) is 6.27. The number of hydrogen-bond acceptors (Lipinski definition) is 3. The van der Waals surface area contributed by atoms with E-state index in [0.717, 1.165) is 18.7 Å². The number of nitrogens with one attached hydrogen (secondary N) is 2. The summed E-state index contributed by atoms with van der Waals surface area (Å²) in [5, 5.41) is 7.42. The average Bonchev–Trinajstić information content (AvgIpc) is 2.76. The molecule has 3 nitrogen and oxygen atoms in total. The van der Waals surface area contributed by atoms with E-state index in [2.05, 4.69) is 37.5 Å². The van der Waals surface area contributed by atoms with Gasteiger partial charge >= 0.3 is 0 Å². The first-order valence-electron chi connectivity index (χ1n) is 8.09. The minimum absolute atomic E-state index is 0.328. The van der Waals surface area contributed by atoms with E-state index >= 15 is 0 Å². The minimum Gasteiger partial charge on any atom is -0.466 e. The number of rotatable bonds is 3. The van der Waals surface area contributed by atoms with E-state index in [0.29, 0.717) is 17.5 Å². The summed E-state index contributed by atoms with van der Waals surface area (Å²) in [5.41, 5.74) is 1.73. The molecule has 2 atom stereocenters. The van der Waals surface area contributed by atoms with Gasteiger partial charge in [-0.1, -0.05) is 20.3 Å². The molecule has 1 aliphatic heterocycles. The van der Waals surface area contributed by atoms with Crippen LogP contribution < -0.4 is 10.6 Å². The highest BCUT2D eigenvalue weighted by atomic mass is 16.3. The van der Waals surface area contributed by atoms with Crippen LogP contribution in [0.1, 0.15) is 62.7 Å². The van der Waals surface area contributed by atoms with E-state index in [9.17, 15) is 0 Å². The quantitative estimate of drug-likeness (QED) is 0.889. The van der Waals surface area contributed by atoms with Crippen LogP contribution >= 0.6 is 0 Å². The minimum atomic E-state index is 0.328. The van der Waals surface area contributed by atoms with Gasteiger partial charge in [0.2, 0.25) is 0 Å². The van der Waals surface area contributed by atoms with E-state index in [1.807, 2.05) is 0 Å². The van der Waals surface area contributed by atoms with Crippen molar-refractivity contribution < 1.29 is 4.42 Å². The number of aryl methyl sites for hydroxylation is 1. The third-order valence-electron chi connectivity index (χ3n) is 4.76. The number of fused-ring (bicyclic) bond motifs is 1. The molecule has 2 unspecified atom stereocenters. The molecule has 20 heavy (non-hydrogen) atoms. The van der Waals surface area contributed by atoms with E-state index in [1.165, 1.54) is 43.6 Å². The Hall–Kier alpha value is -0.800. The monoisotopic (exact) mass is 276 g/mol. The van der Waals surface area contributed by atoms with Crippen LogP contribution in [0.4, 0.5) is 0 Å². The molecule has 0 saturated carbocycles. The Bertz CT molecular complexity index is 458. The van der Waals surface area contributed by atoms with Crippen molar-refractivity contribution >= 4 is 0 Å². The topological polar surface area (TPSA) is 37.2 Å². The molecule has 1 aromatic rings. The lowest BCUT2D eigenvalue weighted by Gasteiger charge is -2.36. The second-order valence-corrected chi connectivity index (χ2v) is 7.39. The molecule has 1 saturated heterocycles. The van der Waals surface area contributed by atoms with E-state index < -0.39 is 0 Å². The molecular formula is C17H28N2O. The van der Waals surface area contributed by atoms with E-state index in [4.69, 9.17) is 4.42 Å². The summed E-state index contributed by atoms with van der Waals surface area (Å²) in [4.78, 5) is 0. The molecule has 0 spiro atoms. The Morgan fingerprint density at radius 1 is 1.40 bits per heavy atom. The fourth-order valence-corrected chi connectivity index (χ4v) is 3.75. The van der Waals surface area contributed by atoms with Crippen molar-refractivity contribution in [3.63, 3.8) is 0 Å². The van der Waals surface area contributed by atoms with Gasteiger partial charge < -0.3 is 15.1 Å². The Labute approximate surface area is 122 Å². The van der Waals surface area contributed by atoms with Gasteiger partial charge in [0.25, 0.3) is 0 Å². The van der Waals surface area contributed by atoms with Gasteiger partial charge in [-0.3, -0.25) is 0 Å². The third kappa shape index (κ3) is 3.09. The Balaban J connectivity index is 1.68. The average molecular weight is 276 g/mol. The fraction of sp³-hybridized carbons (Fsp3) is 0.765. The molecule has 2 N–H and O–H groups in total. The molecule has 1 aromatic heterocycles. The SMILES string of the molecule is Cc1cc2c(o1)CC(C)(C)CC2NCC1CCCCN1. The van der Waals surface area contributed by atoms with Crippen molar-refractivity contribution in [3.8, 4) is 0 Å². The summed E-state index contributed by atoms with van der Waals surface area (Å²) in [6.45, 7) is 9.01. The molecule has 0 amide bonds. The standard InChI is InChI=1S/C17H28N2O/c1-12-8-14-15(9-17(2,3)10-16(14)20-12)19-11-13-6-4-5-7-18-13/h8,13,15,18-19H,4-7,9-11H2,1-3H3. The van der Waals surface area contributed by atoms with Crippen LogP contribution in [0.3, 0.4) is 0 Å². The fourth-order valence-electron chi connectivity index (χ4n) is 3.75. The molecule has 2 heterocycles. The second kappa shape index (κ2) is 5.53. The maximum Gasteiger partial charge on any atom is 0.109 e. The molecular weight excluding hydrogens is 248 g/mol. The highest BCUT2D eigenvalue weighted by Crippen LogP contribution is 2.41. The van der Waals surface area contributed by atoms with Gasteiger partial charge in [0, 0.05) is 30.6 Å². The second-order valence-electron chi connectivity index (χ2n) is 7.39. The normalized spacial score (nSPS) is 29.1. The van der Waals surface area contributed by atoms with Crippen LogP contribution in [0.25, 0.3) is 0 Å².